The summed E-state index contributed by atoms with van der Waals surface area (Å²) in [6.07, 6.45) is 1.64. The monoisotopic (exact) mass is 278 g/mol. The number of benzene rings is 1. The number of hydrogen-bond acceptors (Lipinski definition) is 3. The Labute approximate surface area is 121 Å². The summed E-state index contributed by atoms with van der Waals surface area (Å²) in [7, 11) is 0. The SMILES string of the molecule is C=CNc1nc2cc(C)ccc2s1.CC.CC(C)C. The minimum absolute atomic E-state index is 0.833. The van der Waals surface area contributed by atoms with Crippen LogP contribution in [0, 0.1) is 12.8 Å². The van der Waals surface area contributed by atoms with Gasteiger partial charge in [0.05, 0.1) is 10.2 Å². The second-order valence-corrected chi connectivity index (χ2v) is 5.60. The Morgan fingerprint density at radius 2 is 1.84 bits per heavy atom. The molecular formula is C16H26N2S. The van der Waals surface area contributed by atoms with Gasteiger partial charge in [0.1, 0.15) is 0 Å². The minimum atomic E-state index is 0.833. The number of aryl methyl sites for hydroxylation is 1. The number of thiazole rings is 1. The Kier molecular flexibility index (Phi) is 8.88. The molecule has 1 N–H and O–H groups in total. The number of fused-ring (bicyclic) bond motifs is 1. The van der Waals surface area contributed by atoms with Crippen LogP contribution in [0.3, 0.4) is 0 Å². The molecule has 0 bridgehead atoms. The summed E-state index contributed by atoms with van der Waals surface area (Å²) in [6.45, 7) is 16.2. The van der Waals surface area contributed by atoms with Gasteiger partial charge in [-0.3, -0.25) is 0 Å². The maximum Gasteiger partial charge on any atom is 0.187 e. The van der Waals surface area contributed by atoms with Gasteiger partial charge >= 0.3 is 0 Å². The summed E-state index contributed by atoms with van der Waals surface area (Å²) in [4.78, 5) is 4.40. The van der Waals surface area contributed by atoms with E-state index in [2.05, 4.69) is 62.8 Å². The Bertz CT molecular complexity index is 484. The first-order chi connectivity index (χ1) is 9.02. The molecule has 1 aromatic carbocycles. The second kappa shape index (κ2) is 9.56. The Morgan fingerprint density at radius 1 is 1.26 bits per heavy atom. The molecule has 0 aliphatic carbocycles. The van der Waals surface area contributed by atoms with Crippen LogP contribution < -0.4 is 5.32 Å². The summed E-state index contributed by atoms with van der Waals surface area (Å²) in [6, 6.07) is 6.27. The van der Waals surface area contributed by atoms with Gasteiger partial charge < -0.3 is 5.32 Å². The van der Waals surface area contributed by atoms with Crippen LogP contribution >= 0.6 is 11.3 Å². The van der Waals surface area contributed by atoms with Crippen LogP contribution in [0.2, 0.25) is 0 Å². The van der Waals surface area contributed by atoms with Gasteiger partial charge in [0.2, 0.25) is 0 Å². The lowest BCUT2D eigenvalue weighted by molar-refractivity contribution is 0.737. The molecule has 1 aromatic heterocycles. The predicted molar refractivity (Wildman–Crippen MR) is 90.0 cm³/mol. The topological polar surface area (TPSA) is 24.9 Å². The highest BCUT2D eigenvalue weighted by Crippen LogP contribution is 2.26. The Balaban J connectivity index is 0.000000467. The standard InChI is InChI=1S/C10H10N2S.C4H10.C2H6/c1-3-11-10-12-8-6-7(2)4-5-9(8)13-10;1-4(2)3;1-2/h3-6H,1H2,2H3,(H,11,12);4H,1-3H3;1-2H3. The molecule has 0 radical (unpaired) electrons. The van der Waals surface area contributed by atoms with E-state index in [-0.39, 0.29) is 0 Å². The number of nitrogens with zero attached hydrogens (tertiary/aromatic N) is 1. The van der Waals surface area contributed by atoms with Crippen molar-refractivity contribution in [2.24, 2.45) is 5.92 Å². The first-order valence-electron chi connectivity index (χ1n) is 6.77. The largest absolute Gasteiger partial charge is 0.339 e. The van der Waals surface area contributed by atoms with Gasteiger partial charge in [-0.15, -0.1) is 0 Å². The van der Waals surface area contributed by atoms with Crippen molar-refractivity contribution in [3.05, 3.63) is 36.5 Å². The number of aromatic nitrogens is 1. The lowest BCUT2D eigenvalue weighted by Gasteiger charge is -1.88. The number of nitrogens with one attached hydrogen (secondary N) is 1. The minimum Gasteiger partial charge on any atom is -0.339 e. The van der Waals surface area contributed by atoms with Gasteiger partial charge in [-0.05, 0) is 36.7 Å². The average molecular weight is 278 g/mol. The molecule has 0 aliphatic rings. The van der Waals surface area contributed by atoms with Gasteiger partial charge in [0.15, 0.2) is 5.13 Å². The van der Waals surface area contributed by atoms with Crippen molar-refractivity contribution >= 4 is 26.7 Å². The molecule has 0 atom stereocenters. The van der Waals surface area contributed by atoms with Crippen LogP contribution in [-0.4, -0.2) is 4.98 Å². The molecule has 19 heavy (non-hydrogen) atoms. The van der Waals surface area contributed by atoms with Crippen molar-refractivity contribution in [2.75, 3.05) is 5.32 Å². The molecule has 1 heterocycles. The van der Waals surface area contributed by atoms with E-state index in [1.165, 1.54) is 10.3 Å². The molecule has 0 saturated carbocycles. The third-order valence-corrected chi connectivity index (χ3v) is 2.74. The molecule has 0 fully saturated rings. The molecule has 0 spiro atoms. The zero-order chi connectivity index (χ0) is 14.8. The zero-order valence-electron chi connectivity index (χ0n) is 12.9. The quantitative estimate of drug-likeness (QED) is 0.745. The molecular weight excluding hydrogens is 252 g/mol. The smallest absolute Gasteiger partial charge is 0.187 e. The van der Waals surface area contributed by atoms with Crippen molar-refractivity contribution in [1.29, 1.82) is 0 Å². The fraction of sp³-hybridized carbons (Fsp3) is 0.438. The fourth-order valence-corrected chi connectivity index (χ4v) is 2.03. The van der Waals surface area contributed by atoms with Crippen LogP contribution in [0.1, 0.15) is 40.2 Å². The summed E-state index contributed by atoms with van der Waals surface area (Å²) >= 11 is 1.64. The molecule has 3 heteroatoms. The lowest BCUT2D eigenvalue weighted by Crippen LogP contribution is -1.82. The fourth-order valence-electron chi connectivity index (χ4n) is 1.19. The first kappa shape index (κ1) is 17.6. The van der Waals surface area contributed by atoms with E-state index in [4.69, 9.17) is 0 Å². The molecule has 2 aromatic rings. The summed E-state index contributed by atoms with van der Waals surface area (Å²) < 4.78 is 1.20. The van der Waals surface area contributed by atoms with Crippen LogP contribution in [0.25, 0.3) is 10.2 Å². The normalized spacial score (nSPS) is 9.21. The van der Waals surface area contributed by atoms with E-state index in [1.807, 2.05) is 13.8 Å². The van der Waals surface area contributed by atoms with E-state index in [1.54, 1.807) is 17.5 Å². The molecule has 0 aliphatic heterocycles. The van der Waals surface area contributed by atoms with Crippen molar-refractivity contribution in [3.8, 4) is 0 Å². The molecule has 2 rings (SSSR count). The lowest BCUT2D eigenvalue weighted by atomic mass is 10.2. The highest BCUT2D eigenvalue weighted by atomic mass is 32.1. The Morgan fingerprint density at radius 3 is 2.37 bits per heavy atom. The first-order valence-corrected chi connectivity index (χ1v) is 7.59. The molecule has 2 nitrogen and oxygen atoms in total. The van der Waals surface area contributed by atoms with Crippen molar-refractivity contribution in [2.45, 2.75) is 41.5 Å². The van der Waals surface area contributed by atoms with Gasteiger partial charge in [-0.2, -0.15) is 0 Å². The maximum absolute atomic E-state index is 4.40. The van der Waals surface area contributed by atoms with Crippen molar-refractivity contribution < 1.29 is 0 Å². The third kappa shape index (κ3) is 6.97. The summed E-state index contributed by atoms with van der Waals surface area (Å²) in [5.74, 6) is 0.833. The van der Waals surface area contributed by atoms with Crippen LogP contribution in [0.4, 0.5) is 5.13 Å². The molecule has 0 amide bonds. The van der Waals surface area contributed by atoms with Gasteiger partial charge in [0, 0.05) is 0 Å². The van der Waals surface area contributed by atoms with E-state index in [9.17, 15) is 0 Å². The summed E-state index contributed by atoms with van der Waals surface area (Å²) in [5.41, 5.74) is 2.29. The number of anilines is 1. The van der Waals surface area contributed by atoms with E-state index < -0.39 is 0 Å². The van der Waals surface area contributed by atoms with E-state index in [0.717, 1.165) is 16.6 Å². The summed E-state index contributed by atoms with van der Waals surface area (Å²) in [5, 5.41) is 3.89. The molecule has 0 unspecified atom stereocenters. The average Bonchev–Trinajstić information content (AvgIpc) is 2.73. The van der Waals surface area contributed by atoms with Crippen LogP contribution in [0.5, 0.6) is 0 Å². The van der Waals surface area contributed by atoms with Crippen LogP contribution in [-0.2, 0) is 0 Å². The van der Waals surface area contributed by atoms with E-state index >= 15 is 0 Å². The number of rotatable bonds is 2. The Hall–Kier alpha value is -1.35. The molecule has 0 saturated heterocycles. The van der Waals surface area contributed by atoms with Gasteiger partial charge in [-0.1, -0.05) is 58.6 Å². The van der Waals surface area contributed by atoms with Gasteiger partial charge in [0.25, 0.3) is 0 Å². The van der Waals surface area contributed by atoms with E-state index in [0.29, 0.717) is 0 Å². The maximum atomic E-state index is 4.40. The highest BCUT2D eigenvalue weighted by molar-refractivity contribution is 7.22. The highest BCUT2D eigenvalue weighted by Gasteiger charge is 2.01. The molecule has 106 valence electrons. The zero-order valence-corrected chi connectivity index (χ0v) is 13.8. The predicted octanol–water partition coefficient (Wildman–Crippen LogP) is 5.85. The van der Waals surface area contributed by atoms with Crippen LogP contribution in [0.15, 0.2) is 31.0 Å². The second-order valence-electron chi connectivity index (χ2n) is 4.57. The van der Waals surface area contributed by atoms with Gasteiger partial charge in [-0.25, -0.2) is 4.98 Å². The van der Waals surface area contributed by atoms with Crippen molar-refractivity contribution in [1.82, 2.24) is 4.98 Å². The number of hydrogen-bond donors (Lipinski definition) is 1. The third-order valence-electron chi connectivity index (χ3n) is 1.77. The van der Waals surface area contributed by atoms with Crippen molar-refractivity contribution in [3.63, 3.8) is 0 Å².